The van der Waals surface area contributed by atoms with Crippen LogP contribution in [0.1, 0.15) is 33.2 Å². The lowest BCUT2D eigenvalue weighted by Gasteiger charge is -2.23. The Balaban J connectivity index is 2.67. The first kappa shape index (κ1) is 10.5. The van der Waals surface area contributed by atoms with Gasteiger partial charge < -0.3 is 14.9 Å². The van der Waals surface area contributed by atoms with Crippen LogP contribution in [0.3, 0.4) is 0 Å². The Kier molecular flexibility index (Phi) is 2.30. The largest absolute Gasteiger partial charge is 0.507 e. The van der Waals surface area contributed by atoms with Gasteiger partial charge in [0.1, 0.15) is 17.4 Å². The van der Waals surface area contributed by atoms with Gasteiger partial charge >= 0.3 is 11.9 Å². The molecule has 0 amide bonds. The molecule has 0 spiro atoms. The van der Waals surface area contributed by atoms with Crippen LogP contribution in [0.25, 0.3) is 0 Å². The number of benzene rings is 1. The van der Waals surface area contributed by atoms with E-state index in [0.29, 0.717) is 12.0 Å². The number of phenols is 1. The number of rotatable bonds is 1. The summed E-state index contributed by atoms with van der Waals surface area (Å²) >= 11 is 0. The van der Waals surface area contributed by atoms with Crippen LogP contribution in [-0.2, 0) is 11.2 Å². The van der Waals surface area contributed by atoms with Crippen LogP contribution in [-0.4, -0.2) is 28.3 Å². The van der Waals surface area contributed by atoms with E-state index in [2.05, 4.69) is 0 Å². The van der Waals surface area contributed by atoms with Crippen molar-refractivity contribution in [1.82, 2.24) is 0 Å². The van der Waals surface area contributed by atoms with Crippen LogP contribution < -0.4 is 0 Å². The molecule has 1 aliphatic heterocycles. The van der Waals surface area contributed by atoms with Crippen molar-refractivity contribution < 1.29 is 24.5 Å². The van der Waals surface area contributed by atoms with Crippen molar-refractivity contribution in [1.29, 1.82) is 0 Å². The number of esters is 1. The lowest BCUT2D eigenvalue weighted by Crippen LogP contribution is -2.27. The smallest absolute Gasteiger partial charge is 0.339 e. The molecule has 0 saturated carbocycles. The maximum atomic E-state index is 11.5. The number of hydrogen-bond acceptors (Lipinski definition) is 4. The van der Waals surface area contributed by atoms with Gasteiger partial charge in [0.2, 0.25) is 0 Å². The van der Waals surface area contributed by atoms with Gasteiger partial charge in [-0.1, -0.05) is 0 Å². The van der Waals surface area contributed by atoms with E-state index < -0.39 is 11.9 Å². The molecule has 0 aliphatic carbocycles. The van der Waals surface area contributed by atoms with E-state index in [4.69, 9.17) is 9.84 Å². The molecule has 1 aliphatic rings. The lowest BCUT2D eigenvalue weighted by atomic mass is 9.93. The number of hydrogen-bond donors (Lipinski definition) is 2. The summed E-state index contributed by atoms with van der Waals surface area (Å²) in [7, 11) is 0. The highest BCUT2D eigenvalue weighted by Crippen LogP contribution is 2.30. The number of carboxylic acid groups (broad SMARTS) is 1. The third-order valence-electron chi connectivity index (χ3n) is 2.52. The van der Waals surface area contributed by atoms with Crippen molar-refractivity contribution in [2.75, 3.05) is 0 Å². The van der Waals surface area contributed by atoms with Crippen molar-refractivity contribution in [3.8, 4) is 5.75 Å². The standard InChI is InChI=1S/C11H10O5/c1-5-4-7-6(11(15)16-5)2-3-8(12)9(7)10(13)14/h2-3,5,12H,4H2,1H3,(H,13,14). The highest BCUT2D eigenvalue weighted by atomic mass is 16.5. The normalized spacial score (nSPS) is 18.8. The van der Waals surface area contributed by atoms with Gasteiger partial charge in [0.15, 0.2) is 0 Å². The predicted molar refractivity (Wildman–Crippen MR) is 53.6 cm³/mol. The van der Waals surface area contributed by atoms with Gasteiger partial charge in [-0.05, 0) is 24.6 Å². The van der Waals surface area contributed by atoms with Gasteiger partial charge in [-0.2, -0.15) is 0 Å². The van der Waals surface area contributed by atoms with Crippen molar-refractivity contribution in [3.63, 3.8) is 0 Å². The van der Waals surface area contributed by atoms with Gasteiger partial charge in [-0.15, -0.1) is 0 Å². The zero-order valence-electron chi connectivity index (χ0n) is 8.56. The van der Waals surface area contributed by atoms with E-state index in [1.165, 1.54) is 12.1 Å². The number of carbonyl (C=O) groups is 2. The molecule has 16 heavy (non-hydrogen) atoms. The molecule has 0 bridgehead atoms. The molecule has 0 fully saturated rings. The summed E-state index contributed by atoms with van der Waals surface area (Å²) in [6.07, 6.45) is -0.0724. The zero-order chi connectivity index (χ0) is 11.9. The van der Waals surface area contributed by atoms with Crippen molar-refractivity contribution in [3.05, 3.63) is 28.8 Å². The Bertz CT molecular complexity index is 478. The van der Waals surface area contributed by atoms with Crippen LogP contribution in [0, 0.1) is 0 Å². The minimum Gasteiger partial charge on any atom is -0.507 e. The minimum atomic E-state index is -1.24. The number of fused-ring (bicyclic) bond motifs is 1. The molecule has 0 saturated heterocycles. The van der Waals surface area contributed by atoms with Crippen molar-refractivity contribution >= 4 is 11.9 Å². The van der Waals surface area contributed by atoms with E-state index in [1.54, 1.807) is 6.92 Å². The van der Waals surface area contributed by atoms with Gasteiger partial charge in [-0.3, -0.25) is 0 Å². The van der Waals surface area contributed by atoms with Crippen molar-refractivity contribution in [2.24, 2.45) is 0 Å². The average molecular weight is 222 g/mol. The molecule has 0 aromatic heterocycles. The number of cyclic esters (lactones) is 1. The molecule has 1 aromatic rings. The summed E-state index contributed by atoms with van der Waals surface area (Å²) in [4.78, 5) is 22.5. The van der Waals surface area contributed by atoms with Crippen LogP contribution in [0.4, 0.5) is 0 Å². The highest BCUT2D eigenvalue weighted by molar-refractivity contribution is 6.00. The fraction of sp³-hybridized carbons (Fsp3) is 0.273. The van der Waals surface area contributed by atoms with E-state index in [9.17, 15) is 14.7 Å². The molecule has 84 valence electrons. The summed E-state index contributed by atoms with van der Waals surface area (Å²) < 4.78 is 4.97. The third kappa shape index (κ3) is 1.50. The van der Waals surface area contributed by atoms with Crippen LogP contribution in [0.15, 0.2) is 12.1 Å². The maximum absolute atomic E-state index is 11.5. The molecular weight excluding hydrogens is 212 g/mol. The molecule has 5 heteroatoms. The number of carbonyl (C=O) groups excluding carboxylic acids is 1. The van der Waals surface area contributed by atoms with Gasteiger partial charge in [0, 0.05) is 6.42 Å². The fourth-order valence-corrected chi connectivity index (χ4v) is 1.85. The van der Waals surface area contributed by atoms with Gasteiger partial charge in [0.25, 0.3) is 0 Å². The molecule has 1 atom stereocenters. The van der Waals surface area contributed by atoms with E-state index >= 15 is 0 Å². The van der Waals surface area contributed by atoms with E-state index in [0.717, 1.165) is 0 Å². The number of ether oxygens (including phenoxy) is 1. The molecular formula is C11H10O5. The average Bonchev–Trinajstić information content (AvgIpc) is 2.15. The highest BCUT2D eigenvalue weighted by Gasteiger charge is 2.29. The summed E-state index contributed by atoms with van der Waals surface area (Å²) in [5.41, 5.74) is 0.352. The first-order chi connectivity index (χ1) is 7.50. The summed E-state index contributed by atoms with van der Waals surface area (Å²) in [6.45, 7) is 1.68. The van der Waals surface area contributed by atoms with E-state index in [1.807, 2.05) is 0 Å². The maximum Gasteiger partial charge on any atom is 0.339 e. The predicted octanol–water partition coefficient (Wildman–Crippen LogP) is 1.19. The van der Waals surface area contributed by atoms with Crippen LogP contribution in [0.5, 0.6) is 5.75 Å². The molecule has 1 unspecified atom stereocenters. The minimum absolute atomic E-state index is 0.207. The Morgan fingerprint density at radius 2 is 2.19 bits per heavy atom. The molecule has 1 aromatic carbocycles. The van der Waals surface area contributed by atoms with E-state index in [-0.39, 0.29) is 23.0 Å². The van der Waals surface area contributed by atoms with Crippen LogP contribution >= 0.6 is 0 Å². The first-order valence-electron chi connectivity index (χ1n) is 4.80. The van der Waals surface area contributed by atoms with Gasteiger partial charge in [-0.25, -0.2) is 9.59 Å². The number of carboxylic acids is 1. The quantitative estimate of drug-likeness (QED) is 0.697. The number of aromatic hydroxyl groups is 1. The second-order valence-corrected chi connectivity index (χ2v) is 3.71. The molecule has 2 N–H and O–H groups in total. The Hall–Kier alpha value is -2.04. The first-order valence-corrected chi connectivity index (χ1v) is 4.80. The molecule has 2 rings (SSSR count). The second kappa shape index (κ2) is 3.52. The topological polar surface area (TPSA) is 83.8 Å². The molecule has 0 radical (unpaired) electrons. The van der Waals surface area contributed by atoms with Crippen LogP contribution in [0.2, 0.25) is 0 Å². The SMILES string of the molecule is CC1Cc2c(ccc(O)c2C(=O)O)C(=O)O1. The Morgan fingerprint density at radius 3 is 2.81 bits per heavy atom. The zero-order valence-corrected chi connectivity index (χ0v) is 8.56. The fourth-order valence-electron chi connectivity index (χ4n) is 1.85. The summed E-state index contributed by atoms with van der Waals surface area (Å²) in [5, 5.41) is 18.5. The lowest BCUT2D eigenvalue weighted by molar-refractivity contribution is 0.0300. The second-order valence-electron chi connectivity index (χ2n) is 3.71. The summed E-state index contributed by atoms with van der Waals surface area (Å²) in [5.74, 6) is -2.11. The summed E-state index contributed by atoms with van der Waals surface area (Å²) in [6, 6.07) is 2.57. The van der Waals surface area contributed by atoms with Gasteiger partial charge in [0.05, 0.1) is 5.56 Å². The Labute approximate surface area is 91.3 Å². The number of aromatic carboxylic acids is 1. The van der Waals surface area contributed by atoms with Crippen molar-refractivity contribution in [2.45, 2.75) is 19.4 Å². The third-order valence-corrected chi connectivity index (χ3v) is 2.52. The Morgan fingerprint density at radius 1 is 1.50 bits per heavy atom. The molecule has 5 nitrogen and oxygen atoms in total. The molecule has 1 heterocycles. The monoisotopic (exact) mass is 222 g/mol.